The molecule has 0 fully saturated rings. The van der Waals surface area contributed by atoms with E-state index in [0.29, 0.717) is 12.6 Å². The lowest BCUT2D eigenvalue weighted by atomic mass is 9.95. The smallest absolute Gasteiger partial charge is 0.0951 e. The molecule has 4 nitrogen and oxygen atoms in total. The van der Waals surface area contributed by atoms with Crippen molar-refractivity contribution in [3.05, 3.63) is 18.2 Å². The molecule has 0 aliphatic rings. The van der Waals surface area contributed by atoms with Crippen molar-refractivity contribution in [3.8, 4) is 0 Å². The Morgan fingerprint density at radius 2 is 2.00 bits per heavy atom. The normalized spacial score (nSPS) is 14.5. The highest BCUT2D eigenvalue weighted by Gasteiger charge is 2.23. The van der Waals surface area contributed by atoms with Crippen LogP contribution in [0.4, 0.5) is 0 Å². The molecule has 0 saturated heterocycles. The maximum Gasteiger partial charge on any atom is 0.0951 e. The number of hydrogen-bond donors (Lipinski definition) is 1. The number of rotatable bonds is 5. The Kier molecular flexibility index (Phi) is 4.93. The lowest BCUT2D eigenvalue weighted by molar-refractivity contribution is 0.169. The van der Waals surface area contributed by atoms with Crippen molar-refractivity contribution in [1.29, 1.82) is 0 Å². The van der Waals surface area contributed by atoms with Crippen molar-refractivity contribution in [2.24, 2.45) is 11.1 Å². The van der Waals surface area contributed by atoms with Crippen LogP contribution in [0.1, 0.15) is 52.4 Å². The average molecular weight is 252 g/mol. The Morgan fingerprint density at radius 3 is 2.44 bits per heavy atom. The predicted octanol–water partition coefficient (Wildman–Crippen LogP) is 2.44. The van der Waals surface area contributed by atoms with E-state index >= 15 is 0 Å². The molecule has 0 bridgehead atoms. The number of imidazole rings is 1. The summed E-state index contributed by atoms with van der Waals surface area (Å²) >= 11 is 0. The minimum Gasteiger partial charge on any atom is -0.331 e. The summed E-state index contributed by atoms with van der Waals surface area (Å²) in [7, 11) is 2.14. The van der Waals surface area contributed by atoms with Gasteiger partial charge in [-0.2, -0.15) is 0 Å². The third-order valence-electron chi connectivity index (χ3n) is 3.07. The number of nitrogens with zero attached hydrogens (tertiary/aromatic N) is 3. The minimum absolute atomic E-state index is 0.231. The lowest BCUT2D eigenvalue weighted by Crippen LogP contribution is -2.37. The molecule has 0 spiro atoms. The van der Waals surface area contributed by atoms with Crippen molar-refractivity contribution in [2.45, 2.75) is 46.7 Å². The van der Waals surface area contributed by atoms with E-state index in [1.54, 1.807) is 0 Å². The molecule has 0 aromatic carbocycles. The SMILES string of the molecule is CC(C)n1cncc1C(CN)N(C)CC(C)(C)C. The van der Waals surface area contributed by atoms with Crippen LogP contribution in [0, 0.1) is 5.41 Å². The first kappa shape index (κ1) is 15.2. The summed E-state index contributed by atoms with van der Waals surface area (Å²) in [5.41, 5.74) is 7.45. The second-order valence-corrected chi connectivity index (χ2v) is 6.55. The number of nitrogens with two attached hydrogens (primary N) is 1. The molecule has 1 unspecified atom stereocenters. The molecule has 2 N–H and O–H groups in total. The van der Waals surface area contributed by atoms with E-state index < -0.39 is 0 Å². The van der Waals surface area contributed by atoms with E-state index in [0.717, 1.165) is 6.54 Å². The Hall–Kier alpha value is -0.870. The van der Waals surface area contributed by atoms with Gasteiger partial charge in [0.2, 0.25) is 0 Å². The molecular weight excluding hydrogens is 224 g/mol. The molecular formula is C14H28N4. The highest BCUT2D eigenvalue weighted by molar-refractivity contribution is 5.07. The average Bonchev–Trinajstić information content (AvgIpc) is 2.64. The van der Waals surface area contributed by atoms with Gasteiger partial charge in [0.05, 0.1) is 18.1 Å². The number of likely N-dealkylation sites (N-methyl/N-ethyl adjacent to an activating group) is 1. The molecule has 0 aliphatic heterocycles. The highest BCUT2D eigenvalue weighted by atomic mass is 15.2. The summed E-state index contributed by atoms with van der Waals surface area (Å²) in [5, 5.41) is 0. The third kappa shape index (κ3) is 3.82. The van der Waals surface area contributed by atoms with Crippen LogP contribution < -0.4 is 5.73 Å². The van der Waals surface area contributed by atoms with Gasteiger partial charge in [0.1, 0.15) is 0 Å². The van der Waals surface area contributed by atoms with Gasteiger partial charge < -0.3 is 10.3 Å². The monoisotopic (exact) mass is 252 g/mol. The van der Waals surface area contributed by atoms with Gasteiger partial charge in [0, 0.05) is 25.3 Å². The zero-order valence-corrected chi connectivity index (χ0v) is 12.6. The van der Waals surface area contributed by atoms with E-state index in [-0.39, 0.29) is 11.5 Å². The van der Waals surface area contributed by atoms with Gasteiger partial charge in [0.25, 0.3) is 0 Å². The molecule has 0 saturated carbocycles. The second-order valence-electron chi connectivity index (χ2n) is 6.55. The first-order valence-corrected chi connectivity index (χ1v) is 6.68. The molecule has 4 heteroatoms. The quantitative estimate of drug-likeness (QED) is 0.875. The fourth-order valence-corrected chi connectivity index (χ4v) is 2.39. The van der Waals surface area contributed by atoms with Gasteiger partial charge in [-0.15, -0.1) is 0 Å². The molecule has 18 heavy (non-hydrogen) atoms. The van der Waals surface area contributed by atoms with Crippen LogP contribution in [0.3, 0.4) is 0 Å². The Labute approximate surface area is 111 Å². The van der Waals surface area contributed by atoms with E-state index in [2.05, 4.69) is 56.1 Å². The zero-order valence-electron chi connectivity index (χ0n) is 12.6. The number of aromatic nitrogens is 2. The Bertz CT molecular complexity index is 362. The number of hydrogen-bond acceptors (Lipinski definition) is 3. The lowest BCUT2D eigenvalue weighted by Gasteiger charge is -2.33. The Balaban J connectivity index is 2.92. The van der Waals surface area contributed by atoms with Crippen molar-refractivity contribution >= 4 is 0 Å². The molecule has 0 amide bonds. The summed E-state index contributed by atoms with van der Waals surface area (Å²) in [4.78, 5) is 6.60. The molecule has 1 aromatic heterocycles. The summed E-state index contributed by atoms with van der Waals surface area (Å²) < 4.78 is 2.21. The van der Waals surface area contributed by atoms with E-state index in [1.807, 2.05) is 12.5 Å². The molecule has 1 heterocycles. The first-order valence-electron chi connectivity index (χ1n) is 6.68. The zero-order chi connectivity index (χ0) is 13.9. The molecule has 104 valence electrons. The minimum atomic E-state index is 0.231. The predicted molar refractivity (Wildman–Crippen MR) is 76.5 cm³/mol. The van der Waals surface area contributed by atoms with E-state index in [9.17, 15) is 0 Å². The highest BCUT2D eigenvalue weighted by Crippen LogP contribution is 2.24. The van der Waals surface area contributed by atoms with E-state index in [1.165, 1.54) is 5.69 Å². The molecule has 1 atom stereocenters. The second kappa shape index (κ2) is 5.85. The van der Waals surface area contributed by atoms with Gasteiger partial charge in [-0.05, 0) is 26.3 Å². The van der Waals surface area contributed by atoms with Crippen LogP contribution >= 0.6 is 0 Å². The van der Waals surface area contributed by atoms with Crippen LogP contribution in [0.2, 0.25) is 0 Å². The fourth-order valence-electron chi connectivity index (χ4n) is 2.39. The summed E-state index contributed by atoms with van der Waals surface area (Å²) in [6.07, 6.45) is 3.84. The van der Waals surface area contributed by atoms with Gasteiger partial charge >= 0.3 is 0 Å². The van der Waals surface area contributed by atoms with Crippen LogP contribution in [-0.2, 0) is 0 Å². The first-order chi connectivity index (χ1) is 8.26. The van der Waals surface area contributed by atoms with Gasteiger partial charge in [-0.1, -0.05) is 20.8 Å². The van der Waals surface area contributed by atoms with Crippen molar-refractivity contribution in [2.75, 3.05) is 20.1 Å². The fraction of sp³-hybridized carbons (Fsp3) is 0.786. The standard InChI is InChI=1S/C14H28N4/c1-11(2)18-10-16-8-13(18)12(7-15)17(6)9-14(3,4)5/h8,10-12H,7,9,15H2,1-6H3. The van der Waals surface area contributed by atoms with Crippen LogP contribution in [0.25, 0.3) is 0 Å². The Morgan fingerprint density at radius 1 is 1.39 bits per heavy atom. The van der Waals surface area contributed by atoms with Crippen molar-refractivity contribution in [1.82, 2.24) is 14.5 Å². The molecule has 1 aromatic rings. The van der Waals surface area contributed by atoms with Crippen molar-refractivity contribution < 1.29 is 0 Å². The largest absolute Gasteiger partial charge is 0.331 e. The summed E-state index contributed by atoms with van der Waals surface area (Å²) in [6, 6.07) is 0.647. The topological polar surface area (TPSA) is 47.1 Å². The van der Waals surface area contributed by atoms with E-state index in [4.69, 9.17) is 5.73 Å². The van der Waals surface area contributed by atoms with Gasteiger partial charge in [-0.25, -0.2) is 4.98 Å². The van der Waals surface area contributed by atoms with Gasteiger partial charge in [0.15, 0.2) is 0 Å². The van der Waals surface area contributed by atoms with Crippen LogP contribution in [0.5, 0.6) is 0 Å². The summed E-state index contributed by atoms with van der Waals surface area (Å²) in [6.45, 7) is 12.7. The van der Waals surface area contributed by atoms with Gasteiger partial charge in [-0.3, -0.25) is 4.90 Å². The molecule has 0 aliphatic carbocycles. The van der Waals surface area contributed by atoms with Crippen LogP contribution in [-0.4, -0.2) is 34.6 Å². The summed E-state index contributed by atoms with van der Waals surface area (Å²) in [5.74, 6) is 0. The molecule has 1 rings (SSSR count). The maximum atomic E-state index is 5.97. The van der Waals surface area contributed by atoms with Crippen LogP contribution in [0.15, 0.2) is 12.5 Å². The third-order valence-corrected chi connectivity index (χ3v) is 3.07. The van der Waals surface area contributed by atoms with Crippen molar-refractivity contribution in [3.63, 3.8) is 0 Å². The maximum absolute atomic E-state index is 5.97. The molecule has 0 radical (unpaired) electrons.